The van der Waals surface area contributed by atoms with Crippen molar-refractivity contribution in [3.05, 3.63) is 82.2 Å². The van der Waals surface area contributed by atoms with Crippen LogP contribution in [-0.4, -0.2) is 29.5 Å². The van der Waals surface area contributed by atoms with E-state index >= 15 is 0 Å². The van der Waals surface area contributed by atoms with Crippen molar-refractivity contribution < 1.29 is 8.78 Å². The van der Waals surface area contributed by atoms with Crippen LogP contribution in [0.3, 0.4) is 0 Å². The van der Waals surface area contributed by atoms with Gasteiger partial charge in [0.1, 0.15) is 11.6 Å². The molecule has 0 atom stereocenters. The van der Waals surface area contributed by atoms with Gasteiger partial charge in [-0.15, -0.1) is 0 Å². The van der Waals surface area contributed by atoms with Crippen LogP contribution in [0.25, 0.3) is 22.0 Å². The summed E-state index contributed by atoms with van der Waals surface area (Å²) in [4.78, 5) is 5.79. The Morgan fingerprint density at radius 3 is 2.58 bits per heavy atom. The fourth-order valence-electron chi connectivity index (χ4n) is 4.78. The van der Waals surface area contributed by atoms with Gasteiger partial charge in [0.15, 0.2) is 0 Å². The Labute approximate surface area is 185 Å². The van der Waals surface area contributed by atoms with Crippen molar-refractivity contribution in [1.82, 2.24) is 9.88 Å². The highest BCUT2D eigenvalue weighted by Gasteiger charge is 2.21. The van der Waals surface area contributed by atoms with Gasteiger partial charge in [0, 0.05) is 23.6 Å². The third-order valence-electron chi connectivity index (χ3n) is 6.55. The minimum atomic E-state index is -0.178. The smallest absolute Gasteiger partial charge is 0.123 e. The number of likely N-dealkylation sites (tertiary alicyclic amines) is 1. The Hall–Kier alpha value is -2.50. The highest BCUT2D eigenvalue weighted by Crippen LogP contribution is 2.29. The van der Waals surface area contributed by atoms with Crippen LogP contribution >= 0.6 is 11.3 Å². The molecule has 2 aromatic carbocycles. The van der Waals surface area contributed by atoms with Gasteiger partial charge in [-0.3, -0.25) is 0 Å². The molecule has 2 aromatic heterocycles. The zero-order valence-corrected chi connectivity index (χ0v) is 18.2. The number of rotatable bonds is 6. The number of hydrogen-bond donors (Lipinski definition) is 1. The number of thiophene rings is 1. The minimum absolute atomic E-state index is 0.175. The Morgan fingerprint density at radius 1 is 0.968 bits per heavy atom. The standard InChI is InChI=1S/C26H26F2N2S/c27-22-2-1-19(24(14-22)20-8-12-31-17-20)7-11-30-9-5-18(6-10-30)13-21-16-29-26-4-3-23(28)15-25(21)26/h1-4,8,12,14-18,29H,5-7,9-11,13H2. The topological polar surface area (TPSA) is 19.0 Å². The lowest BCUT2D eigenvalue weighted by molar-refractivity contribution is 0.186. The van der Waals surface area contributed by atoms with Crippen molar-refractivity contribution in [2.45, 2.75) is 25.7 Å². The molecule has 5 heteroatoms. The van der Waals surface area contributed by atoms with Gasteiger partial charge in [-0.25, -0.2) is 8.78 Å². The minimum Gasteiger partial charge on any atom is -0.361 e. The van der Waals surface area contributed by atoms with Gasteiger partial charge >= 0.3 is 0 Å². The summed E-state index contributed by atoms with van der Waals surface area (Å²) in [6.45, 7) is 3.15. The van der Waals surface area contributed by atoms with Crippen LogP contribution in [-0.2, 0) is 12.8 Å². The first kappa shape index (κ1) is 20.4. The summed E-state index contributed by atoms with van der Waals surface area (Å²) in [5.41, 5.74) is 5.56. The molecule has 5 rings (SSSR count). The largest absolute Gasteiger partial charge is 0.361 e. The predicted octanol–water partition coefficient (Wildman–Crippen LogP) is 6.67. The van der Waals surface area contributed by atoms with E-state index < -0.39 is 0 Å². The van der Waals surface area contributed by atoms with Gasteiger partial charge < -0.3 is 9.88 Å². The van der Waals surface area contributed by atoms with Crippen LogP contribution in [0.1, 0.15) is 24.0 Å². The van der Waals surface area contributed by atoms with E-state index in [4.69, 9.17) is 0 Å². The molecule has 0 aliphatic carbocycles. The second kappa shape index (κ2) is 8.93. The van der Waals surface area contributed by atoms with Crippen LogP contribution in [0, 0.1) is 17.6 Å². The molecule has 0 bridgehead atoms. The van der Waals surface area contributed by atoms with Crippen molar-refractivity contribution in [3.8, 4) is 11.1 Å². The van der Waals surface area contributed by atoms with Crippen LogP contribution < -0.4 is 0 Å². The molecule has 0 saturated carbocycles. The average molecular weight is 437 g/mol. The molecule has 0 spiro atoms. The molecule has 31 heavy (non-hydrogen) atoms. The quantitative estimate of drug-likeness (QED) is 0.358. The highest BCUT2D eigenvalue weighted by molar-refractivity contribution is 7.08. The molecule has 4 aromatic rings. The molecule has 0 radical (unpaired) electrons. The molecule has 1 aliphatic rings. The first-order chi connectivity index (χ1) is 15.2. The number of hydrogen-bond acceptors (Lipinski definition) is 2. The van der Waals surface area contributed by atoms with Crippen LogP contribution in [0.15, 0.2) is 59.4 Å². The SMILES string of the molecule is Fc1ccc(CCN2CCC(Cc3c[nH]c4ccc(F)cc34)CC2)c(-c2ccsc2)c1. The van der Waals surface area contributed by atoms with E-state index in [1.165, 1.54) is 17.2 Å². The van der Waals surface area contributed by atoms with Gasteiger partial charge in [0.25, 0.3) is 0 Å². The molecular formula is C26H26F2N2S. The normalized spacial score (nSPS) is 15.7. The van der Waals surface area contributed by atoms with E-state index in [9.17, 15) is 8.78 Å². The van der Waals surface area contributed by atoms with Gasteiger partial charge in [0.05, 0.1) is 0 Å². The van der Waals surface area contributed by atoms with Crippen LogP contribution in [0.2, 0.25) is 0 Å². The average Bonchev–Trinajstić information content (AvgIpc) is 3.44. The third kappa shape index (κ3) is 4.58. The Morgan fingerprint density at radius 2 is 1.77 bits per heavy atom. The molecule has 160 valence electrons. The van der Waals surface area contributed by atoms with E-state index in [0.29, 0.717) is 5.92 Å². The number of fused-ring (bicyclic) bond motifs is 1. The highest BCUT2D eigenvalue weighted by atomic mass is 32.1. The number of halogens is 2. The summed E-state index contributed by atoms with van der Waals surface area (Å²) in [5.74, 6) is 0.277. The Bertz CT molecular complexity index is 1160. The number of piperidine rings is 1. The van der Waals surface area contributed by atoms with Crippen molar-refractivity contribution in [1.29, 1.82) is 0 Å². The van der Waals surface area contributed by atoms with Crippen molar-refractivity contribution in [2.24, 2.45) is 5.92 Å². The maximum atomic E-state index is 13.8. The fourth-order valence-corrected chi connectivity index (χ4v) is 5.43. The molecule has 0 amide bonds. The first-order valence-electron chi connectivity index (χ1n) is 10.9. The summed E-state index contributed by atoms with van der Waals surface area (Å²) in [6, 6.07) is 12.2. The van der Waals surface area contributed by atoms with E-state index in [-0.39, 0.29) is 11.6 Å². The van der Waals surface area contributed by atoms with Gasteiger partial charge in [0.2, 0.25) is 0 Å². The summed E-state index contributed by atoms with van der Waals surface area (Å²) in [6.07, 6.45) is 6.28. The number of benzene rings is 2. The lowest BCUT2D eigenvalue weighted by Crippen LogP contribution is -2.35. The van der Waals surface area contributed by atoms with E-state index in [1.54, 1.807) is 29.5 Å². The number of nitrogens with zero attached hydrogens (tertiary/aromatic N) is 1. The molecule has 1 N–H and O–H groups in total. The van der Waals surface area contributed by atoms with E-state index in [1.807, 2.05) is 23.7 Å². The number of H-pyrrole nitrogens is 1. The monoisotopic (exact) mass is 436 g/mol. The first-order valence-corrected chi connectivity index (χ1v) is 11.9. The van der Waals surface area contributed by atoms with Gasteiger partial charge in [-0.05, 0) is 114 Å². The van der Waals surface area contributed by atoms with Crippen molar-refractivity contribution in [2.75, 3.05) is 19.6 Å². The third-order valence-corrected chi connectivity index (χ3v) is 7.23. The van der Waals surface area contributed by atoms with E-state index in [0.717, 1.165) is 67.3 Å². The van der Waals surface area contributed by atoms with Gasteiger partial charge in [-0.1, -0.05) is 6.07 Å². The van der Waals surface area contributed by atoms with Crippen LogP contribution in [0.5, 0.6) is 0 Å². The molecule has 1 fully saturated rings. The number of nitrogens with one attached hydrogen (secondary N) is 1. The Kier molecular flexibility index (Phi) is 5.88. The number of aromatic nitrogens is 1. The summed E-state index contributed by atoms with van der Waals surface area (Å²) < 4.78 is 27.5. The summed E-state index contributed by atoms with van der Waals surface area (Å²) >= 11 is 1.64. The maximum absolute atomic E-state index is 13.8. The van der Waals surface area contributed by atoms with Gasteiger partial charge in [-0.2, -0.15) is 11.3 Å². The van der Waals surface area contributed by atoms with E-state index in [2.05, 4.69) is 21.3 Å². The van der Waals surface area contributed by atoms with Crippen molar-refractivity contribution >= 4 is 22.2 Å². The second-order valence-electron chi connectivity index (χ2n) is 8.56. The maximum Gasteiger partial charge on any atom is 0.123 e. The molecule has 1 saturated heterocycles. The van der Waals surface area contributed by atoms with Crippen LogP contribution in [0.4, 0.5) is 8.78 Å². The molecule has 2 nitrogen and oxygen atoms in total. The summed E-state index contributed by atoms with van der Waals surface area (Å²) in [5, 5.41) is 5.14. The lowest BCUT2D eigenvalue weighted by atomic mass is 9.89. The zero-order valence-electron chi connectivity index (χ0n) is 17.4. The summed E-state index contributed by atoms with van der Waals surface area (Å²) in [7, 11) is 0. The second-order valence-corrected chi connectivity index (χ2v) is 9.34. The zero-order chi connectivity index (χ0) is 21.2. The molecule has 1 aliphatic heterocycles. The fraction of sp³-hybridized carbons (Fsp3) is 0.308. The lowest BCUT2D eigenvalue weighted by Gasteiger charge is -2.32. The molecular weight excluding hydrogens is 410 g/mol. The van der Waals surface area contributed by atoms with Crippen molar-refractivity contribution in [3.63, 3.8) is 0 Å². The molecule has 0 unspecified atom stereocenters. The Balaban J connectivity index is 1.18. The number of aromatic amines is 1. The predicted molar refractivity (Wildman–Crippen MR) is 125 cm³/mol. The molecule has 3 heterocycles.